The Labute approximate surface area is 93.0 Å². The number of ketones is 1. The Kier molecular flexibility index (Phi) is 4.60. The zero-order valence-corrected chi connectivity index (χ0v) is 9.75. The molecule has 0 heterocycles. The van der Waals surface area contributed by atoms with Crippen LogP contribution in [0.4, 0.5) is 0 Å². The molecule has 0 saturated carbocycles. The van der Waals surface area contributed by atoms with E-state index >= 15 is 0 Å². The van der Waals surface area contributed by atoms with Gasteiger partial charge in [0.15, 0.2) is 5.78 Å². The Morgan fingerprint density at radius 3 is 2.93 bits per heavy atom. The van der Waals surface area contributed by atoms with E-state index in [0.29, 0.717) is 0 Å². The van der Waals surface area contributed by atoms with E-state index in [9.17, 15) is 4.79 Å². The largest absolute Gasteiger partial charge is 0.295 e. The Balaban J connectivity index is 2.42. The molecule has 0 bridgehead atoms. The average molecular weight is 253 g/mol. The maximum atomic E-state index is 10.6. The molecule has 0 saturated heterocycles. The van der Waals surface area contributed by atoms with Crippen LogP contribution in [0.2, 0.25) is 0 Å². The minimum absolute atomic E-state index is 0.110. The van der Waals surface area contributed by atoms with Crippen molar-refractivity contribution in [3.8, 4) is 0 Å². The summed E-state index contributed by atoms with van der Waals surface area (Å²) in [4.78, 5) is 10.6. The molecule has 0 aromatic heterocycles. The van der Waals surface area contributed by atoms with Crippen LogP contribution in [0, 0.1) is 0 Å². The molecule has 74 valence electrons. The first-order valence-electron chi connectivity index (χ1n) is 4.60. The highest BCUT2D eigenvalue weighted by Crippen LogP contribution is 2.12. The van der Waals surface area contributed by atoms with E-state index in [1.54, 1.807) is 13.0 Å². The molecule has 1 aromatic carbocycles. The van der Waals surface area contributed by atoms with E-state index in [2.05, 4.69) is 28.1 Å². The van der Waals surface area contributed by atoms with Crippen LogP contribution in [-0.2, 0) is 11.2 Å². The minimum Gasteiger partial charge on any atom is -0.295 e. The van der Waals surface area contributed by atoms with Gasteiger partial charge in [-0.1, -0.05) is 34.1 Å². The summed E-state index contributed by atoms with van der Waals surface area (Å²) in [5, 5.41) is 0. The first kappa shape index (κ1) is 11.2. The first-order valence-corrected chi connectivity index (χ1v) is 5.39. The van der Waals surface area contributed by atoms with Crippen LogP contribution in [0.5, 0.6) is 0 Å². The molecule has 0 radical (unpaired) electrons. The van der Waals surface area contributed by atoms with Gasteiger partial charge in [-0.05, 0) is 43.5 Å². The van der Waals surface area contributed by atoms with Crippen LogP contribution in [0.3, 0.4) is 0 Å². The second-order valence-electron chi connectivity index (χ2n) is 3.18. The Bertz CT molecular complexity index is 342. The predicted octanol–water partition coefficient (Wildman–Crippen LogP) is 3.53. The smallest absolute Gasteiger partial charge is 0.152 e. The quantitative estimate of drug-likeness (QED) is 0.750. The van der Waals surface area contributed by atoms with E-state index in [1.165, 1.54) is 5.56 Å². The molecule has 0 unspecified atom stereocenters. The highest BCUT2D eigenvalue weighted by molar-refractivity contribution is 9.10. The maximum Gasteiger partial charge on any atom is 0.152 e. The first-order chi connectivity index (χ1) is 6.68. The molecule has 0 amide bonds. The molecule has 0 aliphatic heterocycles. The Morgan fingerprint density at radius 2 is 2.29 bits per heavy atom. The van der Waals surface area contributed by atoms with Gasteiger partial charge in [-0.2, -0.15) is 0 Å². The van der Waals surface area contributed by atoms with Crippen LogP contribution in [0.1, 0.15) is 18.9 Å². The third-order valence-corrected chi connectivity index (χ3v) is 2.33. The maximum absolute atomic E-state index is 10.6. The highest BCUT2D eigenvalue weighted by atomic mass is 79.9. The molecule has 2 heteroatoms. The SMILES string of the molecule is CC(=O)/C=C/CCc1cccc(Br)c1. The van der Waals surface area contributed by atoms with Crippen molar-refractivity contribution in [2.45, 2.75) is 19.8 Å². The standard InChI is InChI=1S/C12H13BrO/c1-10(14)5-2-3-6-11-7-4-8-12(13)9-11/h2,4-5,7-9H,3,6H2,1H3/b5-2+. The van der Waals surface area contributed by atoms with Crippen LogP contribution in [-0.4, -0.2) is 5.78 Å². The summed E-state index contributed by atoms with van der Waals surface area (Å²) in [6, 6.07) is 8.22. The van der Waals surface area contributed by atoms with Gasteiger partial charge in [-0.15, -0.1) is 0 Å². The van der Waals surface area contributed by atoms with Crippen molar-refractivity contribution in [1.82, 2.24) is 0 Å². The van der Waals surface area contributed by atoms with Gasteiger partial charge in [0.2, 0.25) is 0 Å². The van der Waals surface area contributed by atoms with Crippen molar-refractivity contribution in [2.75, 3.05) is 0 Å². The normalized spacial score (nSPS) is 10.7. The predicted molar refractivity (Wildman–Crippen MR) is 62.3 cm³/mol. The molecule has 0 N–H and O–H groups in total. The third-order valence-electron chi connectivity index (χ3n) is 1.84. The van der Waals surface area contributed by atoms with E-state index in [4.69, 9.17) is 0 Å². The molecule has 14 heavy (non-hydrogen) atoms. The van der Waals surface area contributed by atoms with Gasteiger partial charge in [0.05, 0.1) is 0 Å². The van der Waals surface area contributed by atoms with Gasteiger partial charge in [0.1, 0.15) is 0 Å². The van der Waals surface area contributed by atoms with Gasteiger partial charge in [-0.25, -0.2) is 0 Å². The number of halogens is 1. The molecule has 0 fully saturated rings. The van der Waals surface area contributed by atoms with Crippen molar-refractivity contribution in [1.29, 1.82) is 0 Å². The summed E-state index contributed by atoms with van der Waals surface area (Å²) in [7, 11) is 0. The fourth-order valence-corrected chi connectivity index (χ4v) is 1.64. The number of hydrogen-bond acceptors (Lipinski definition) is 1. The zero-order valence-electron chi connectivity index (χ0n) is 8.16. The summed E-state index contributed by atoms with van der Waals surface area (Å²) < 4.78 is 1.10. The van der Waals surface area contributed by atoms with E-state index in [1.807, 2.05) is 18.2 Å². The number of carbonyl (C=O) groups excluding carboxylic acids is 1. The molecule has 0 aliphatic rings. The second-order valence-corrected chi connectivity index (χ2v) is 4.10. The van der Waals surface area contributed by atoms with Crippen LogP contribution in [0.15, 0.2) is 40.9 Å². The number of allylic oxidation sites excluding steroid dienone is 2. The third kappa shape index (κ3) is 4.38. The fourth-order valence-electron chi connectivity index (χ4n) is 1.19. The van der Waals surface area contributed by atoms with Crippen molar-refractivity contribution in [2.24, 2.45) is 0 Å². The number of carbonyl (C=O) groups is 1. The minimum atomic E-state index is 0.110. The molecule has 0 aliphatic carbocycles. The van der Waals surface area contributed by atoms with Crippen molar-refractivity contribution in [3.63, 3.8) is 0 Å². The molecule has 1 nitrogen and oxygen atoms in total. The zero-order chi connectivity index (χ0) is 10.4. The van der Waals surface area contributed by atoms with Crippen LogP contribution < -0.4 is 0 Å². The number of benzene rings is 1. The lowest BCUT2D eigenvalue weighted by Crippen LogP contribution is -1.84. The topological polar surface area (TPSA) is 17.1 Å². The molecule has 0 atom stereocenters. The van der Waals surface area contributed by atoms with Crippen LogP contribution >= 0.6 is 15.9 Å². The number of rotatable bonds is 4. The highest BCUT2D eigenvalue weighted by Gasteiger charge is 1.92. The summed E-state index contributed by atoms with van der Waals surface area (Å²) >= 11 is 3.42. The Hall–Kier alpha value is -0.890. The second kappa shape index (κ2) is 5.76. The van der Waals surface area contributed by atoms with Crippen molar-refractivity contribution in [3.05, 3.63) is 46.5 Å². The van der Waals surface area contributed by atoms with Gasteiger partial charge < -0.3 is 0 Å². The van der Waals surface area contributed by atoms with Crippen molar-refractivity contribution < 1.29 is 4.79 Å². The lowest BCUT2D eigenvalue weighted by Gasteiger charge is -1.98. The molecule has 0 spiro atoms. The van der Waals surface area contributed by atoms with Gasteiger partial charge in [0.25, 0.3) is 0 Å². The molecular weight excluding hydrogens is 240 g/mol. The van der Waals surface area contributed by atoms with Crippen molar-refractivity contribution >= 4 is 21.7 Å². The summed E-state index contributed by atoms with van der Waals surface area (Å²) in [6.45, 7) is 1.57. The average Bonchev–Trinajstić information content (AvgIpc) is 2.12. The lowest BCUT2D eigenvalue weighted by molar-refractivity contribution is -0.112. The van der Waals surface area contributed by atoms with E-state index < -0.39 is 0 Å². The molecule has 1 aromatic rings. The monoisotopic (exact) mass is 252 g/mol. The van der Waals surface area contributed by atoms with E-state index in [-0.39, 0.29) is 5.78 Å². The summed E-state index contributed by atoms with van der Waals surface area (Å²) in [6.07, 6.45) is 5.43. The summed E-state index contributed by atoms with van der Waals surface area (Å²) in [5.74, 6) is 0.110. The van der Waals surface area contributed by atoms with Gasteiger partial charge >= 0.3 is 0 Å². The summed E-state index contributed by atoms with van der Waals surface area (Å²) in [5.41, 5.74) is 1.28. The molecule has 1 rings (SSSR count). The fraction of sp³-hybridized carbons (Fsp3) is 0.250. The lowest BCUT2D eigenvalue weighted by atomic mass is 10.1. The van der Waals surface area contributed by atoms with Gasteiger partial charge in [0, 0.05) is 4.47 Å². The number of hydrogen-bond donors (Lipinski definition) is 0. The van der Waals surface area contributed by atoms with Gasteiger partial charge in [-0.3, -0.25) is 4.79 Å². The van der Waals surface area contributed by atoms with Crippen LogP contribution in [0.25, 0.3) is 0 Å². The molecular formula is C12H13BrO. The number of aryl methyl sites for hydroxylation is 1. The Morgan fingerprint density at radius 1 is 1.50 bits per heavy atom. The van der Waals surface area contributed by atoms with E-state index in [0.717, 1.165) is 17.3 Å².